The molecule has 2 atom stereocenters. The molecule has 0 aliphatic heterocycles. The molecule has 0 aliphatic carbocycles. The number of carboxylic acid groups (broad SMARTS) is 1. The average molecular weight is 306 g/mol. The van der Waals surface area contributed by atoms with Crippen LogP contribution in [0, 0.1) is 0 Å². The zero-order valence-electron chi connectivity index (χ0n) is 10.6. The molecule has 0 heterocycles. The van der Waals surface area contributed by atoms with E-state index in [0.717, 1.165) is 0 Å². The Labute approximate surface area is 117 Å². The van der Waals surface area contributed by atoms with Crippen molar-refractivity contribution in [2.75, 3.05) is 0 Å². The molecule has 0 bridgehead atoms. The highest BCUT2D eigenvalue weighted by Crippen LogP contribution is 1.99. The van der Waals surface area contributed by atoms with E-state index in [1.54, 1.807) is 5.48 Å². The number of rotatable bonds is 8. The molecule has 0 aromatic carbocycles. The summed E-state index contributed by atoms with van der Waals surface area (Å²) >= 11 is 0. The average Bonchev–Trinajstić information content (AvgIpc) is 2.32. The fourth-order valence-electron chi connectivity index (χ4n) is 1.04. The number of primary amides is 2. The molecular weight excluding hydrogens is 292 g/mol. The standard InChI is InChI=1S/C9H14N4O8/c10-3(1-5(11)14)7(16)20-8(17)4(2-6(12)15)13-21-9(18)19/h3-4,13H,1-2,10H2,(H2,11,14)(H2,12,15)(H,18,19)/t3-,4-/m0/s1. The van der Waals surface area contributed by atoms with Crippen molar-refractivity contribution in [1.82, 2.24) is 5.48 Å². The van der Waals surface area contributed by atoms with Crippen molar-refractivity contribution in [1.29, 1.82) is 0 Å². The van der Waals surface area contributed by atoms with Gasteiger partial charge in [-0.2, -0.15) is 0 Å². The van der Waals surface area contributed by atoms with Gasteiger partial charge in [0, 0.05) is 0 Å². The van der Waals surface area contributed by atoms with E-state index in [4.69, 9.17) is 22.3 Å². The van der Waals surface area contributed by atoms with Crippen molar-refractivity contribution in [3.8, 4) is 0 Å². The van der Waals surface area contributed by atoms with Gasteiger partial charge in [-0.25, -0.2) is 14.4 Å². The highest BCUT2D eigenvalue weighted by atomic mass is 16.8. The summed E-state index contributed by atoms with van der Waals surface area (Å²) in [5.74, 6) is -4.54. The van der Waals surface area contributed by atoms with Gasteiger partial charge in [-0.3, -0.25) is 9.59 Å². The lowest BCUT2D eigenvalue weighted by Crippen LogP contribution is -2.45. The molecule has 0 saturated heterocycles. The van der Waals surface area contributed by atoms with Gasteiger partial charge in [-0.1, -0.05) is 0 Å². The second-order valence-corrected chi connectivity index (χ2v) is 3.73. The van der Waals surface area contributed by atoms with Gasteiger partial charge in [0.2, 0.25) is 11.8 Å². The fourth-order valence-corrected chi connectivity index (χ4v) is 1.04. The molecule has 0 spiro atoms. The Morgan fingerprint density at radius 3 is 1.95 bits per heavy atom. The minimum Gasteiger partial charge on any atom is -0.448 e. The van der Waals surface area contributed by atoms with Crippen LogP contribution >= 0.6 is 0 Å². The molecule has 8 N–H and O–H groups in total. The summed E-state index contributed by atoms with van der Waals surface area (Å²) in [7, 11) is 0. The lowest BCUT2D eigenvalue weighted by Gasteiger charge is -2.15. The quantitative estimate of drug-likeness (QED) is 0.171. The third-order valence-electron chi connectivity index (χ3n) is 1.90. The Balaban J connectivity index is 4.64. The third-order valence-corrected chi connectivity index (χ3v) is 1.90. The largest absolute Gasteiger partial charge is 0.525 e. The number of carbonyl (C=O) groups is 5. The molecule has 0 aromatic heterocycles. The Kier molecular flexibility index (Phi) is 7.35. The van der Waals surface area contributed by atoms with Crippen molar-refractivity contribution >= 4 is 29.9 Å². The summed E-state index contributed by atoms with van der Waals surface area (Å²) in [5.41, 5.74) is 16.5. The van der Waals surface area contributed by atoms with Crippen LogP contribution in [-0.2, 0) is 28.8 Å². The number of nitrogens with two attached hydrogens (primary N) is 3. The van der Waals surface area contributed by atoms with Gasteiger partial charge in [-0.15, -0.1) is 5.48 Å². The SMILES string of the molecule is NC(=O)C[C@H](NOC(=O)O)C(=O)OC(=O)[C@@H](N)CC(N)=O. The van der Waals surface area contributed by atoms with E-state index >= 15 is 0 Å². The normalized spacial score (nSPS) is 12.8. The Morgan fingerprint density at radius 1 is 1.00 bits per heavy atom. The van der Waals surface area contributed by atoms with E-state index in [1.807, 2.05) is 0 Å². The van der Waals surface area contributed by atoms with E-state index in [0.29, 0.717) is 0 Å². The van der Waals surface area contributed by atoms with Crippen LogP contribution in [0.4, 0.5) is 4.79 Å². The van der Waals surface area contributed by atoms with Gasteiger partial charge in [0.15, 0.2) is 0 Å². The van der Waals surface area contributed by atoms with Crippen molar-refractivity contribution in [3.63, 3.8) is 0 Å². The molecule has 0 fully saturated rings. The van der Waals surface area contributed by atoms with Crippen LogP contribution in [-0.4, -0.2) is 47.1 Å². The highest BCUT2D eigenvalue weighted by molar-refractivity contribution is 5.94. The Morgan fingerprint density at radius 2 is 1.52 bits per heavy atom. The molecule has 2 amide bonds. The predicted octanol–water partition coefficient (Wildman–Crippen LogP) is -3.30. The predicted molar refractivity (Wildman–Crippen MR) is 62.7 cm³/mol. The summed E-state index contributed by atoms with van der Waals surface area (Å²) in [6.07, 6.45) is -3.06. The number of hydrogen-bond donors (Lipinski definition) is 5. The van der Waals surface area contributed by atoms with Gasteiger partial charge < -0.3 is 31.9 Å². The lowest BCUT2D eigenvalue weighted by molar-refractivity contribution is -0.165. The number of esters is 2. The molecule has 0 aliphatic rings. The van der Waals surface area contributed by atoms with Crippen LogP contribution in [0.5, 0.6) is 0 Å². The van der Waals surface area contributed by atoms with E-state index < -0.39 is 54.8 Å². The van der Waals surface area contributed by atoms with Gasteiger partial charge in [0.25, 0.3) is 0 Å². The van der Waals surface area contributed by atoms with Crippen molar-refractivity contribution < 1.29 is 38.7 Å². The first-order valence-corrected chi connectivity index (χ1v) is 5.36. The topological polar surface area (TPSA) is 214 Å². The Hall–Kier alpha value is -2.73. The summed E-state index contributed by atoms with van der Waals surface area (Å²) in [4.78, 5) is 58.2. The Bertz CT molecular complexity index is 451. The van der Waals surface area contributed by atoms with Crippen molar-refractivity contribution in [2.24, 2.45) is 17.2 Å². The minimum absolute atomic E-state index is 0.564. The number of nitrogens with one attached hydrogen (secondary N) is 1. The lowest BCUT2D eigenvalue weighted by atomic mass is 10.2. The van der Waals surface area contributed by atoms with E-state index in [9.17, 15) is 24.0 Å². The molecule has 21 heavy (non-hydrogen) atoms. The van der Waals surface area contributed by atoms with Gasteiger partial charge in [-0.05, 0) is 0 Å². The summed E-state index contributed by atoms with van der Waals surface area (Å²) in [5, 5.41) is 8.26. The monoisotopic (exact) mass is 306 g/mol. The van der Waals surface area contributed by atoms with Crippen LogP contribution in [0.1, 0.15) is 12.8 Å². The maximum atomic E-state index is 11.5. The smallest absolute Gasteiger partial charge is 0.448 e. The van der Waals surface area contributed by atoms with Gasteiger partial charge >= 0.3 is 18.1 Å². The molecule has 0 radical (unpaired) electrons. The first-order valence-electron chi connectivity index (χ1n) is 5.36. The molecule has 0 aromatic rings. The third kappa shape index (κ3) is 8.12. The maximum Gasteiger partial charge on any atom is 0.525 e. The number of hydrogen-bond acceptors (Lipinski definition) is 9. The number of carbonyl (C=O) groups excluding carboxylic acids is 4. The van der Waals surface area contributed by atoms with E-state index in [1.165, 1.54) is 0 Å². The van der Waals surface area contributed by atoms with Crippen LogP contribution in [0.15, 0.2) is 0 Å². The van der Waals surface area contributed by atoms with Gasteiger partial charge in [0.05, 0.1) is 12.8 Å². The summed E-state index contributed by atoms with van der Waals surface area (Å²) < 4.78 is 4.25. The van der Waals surface area contributed by atoms with Crippen LogP contribution < -0.4 is 22.7 Å². The first-order chi connectivity index (χ1) is 9.63. The van der Waals surface area contributed by atoms with Crippen molar-refractivity contribution in [3.05, 3.63) is 0 Å². The van der Waals surface area contributed by atoms with Crippen LogP contribution in [0.2, 0.25) is 0 Å². The van der Waals surface area contributed by atoms with E-state index in [-0.39, 0.29) is 0 Å². The fraction of sp³-hybridized carbons (Fsp3) is 0.444. The summed E-state index contributed by atoms with van der Waals surface area (Å²) in [6, 6.07) is -3.13. The van der Waals surface area contributed by atoms with Crippen LogP contribution in [0.3, 0.4) is 0 Å². The maximum absolute atomic E-state index is 11.5. The zero-order valence-corrected chi connectivity index (χ0v) is 10.6. The first kappa shape index (κ1) is 18.3. The minimum atomic E-state index is -1.80. The van der Waals surface area contributed by atoms with Crippen LogP contribution in [0.25, 0.3) is 0 Å². The molecule has 0 unspecified atom stereocenters. The molecule has 12 nitrogen and oxygen atoms in total. The molecule has 0 saturated carbocycles. The summed E-state index contributed by atoms with van der Waals surface area (Å²) in [6.45, 7) is 0. The number of hydroxylamine groups is 1. The molecular formula is C9H14N4O8. The number of ether oxygens (including phenoxy) is 1. The molecule has 0 rings (SSSR count). The second kappa shape index (κ2) is 8.44. The van der Waals surface area contributed by atoms with Gasteiger partial charge in [0.1, 0.15) is 12.1 Å². The van der Waals surface area contributed by atoms with Crippen molar-refractivity contribution in [2.45, 2.75) is 24.9 Å². The highest BCUT2D eigenvalue weighted by Gasteiger charge is 2.28. The zero-order chi connectivity index (χ0) is 16.6. The van der Waals surface area contributed by atoms with E-state index in [2.05, 4.69) is 9.57 Å². The molecule has 118 valence electrons. The molecule has 12 heteroatoms. The second-order valence-electron chi connectivity index (χ2n) is 3.73. The number of amides is 2.